The van der Waals surface area contributed by atoms with E-state index in [9.17, 15) is 0 Å². The van der Waals surface area contributed by atoms with Crippen LogP contribution in [0, 0.1) is 0 Å². The fraction of sp³-hybridized carbons (Fsp3) is 0.158. The number of rotatable bonds is 4. The highest BCUT2D eigenvalue weighted by atomic mass is 15.2. The smallest absolute Gasteiger partial charge is 0.154 e. The fourth-order valence-electron chi connectivity index (χ4n) is 2.64. The summed E-state index contributed by atoms with van der Waals surface area (Å²) in [5.41, 5.74) is 9.90. The summed E-state index contributed by atoms with van der Waals surface area (Å²) in [4.78, 5) is 17.2. The lowest BCUT2D eigenvalue weighted by atomic mass is 10.1. The SMILES string of the molecule is CC(C)c1cnnc(Nc2ccc3ncc(-c4cc(N)ncn4)cc3n2)c1. The highest BCUT2D eigenvalue weighted by Crippen LogP contribution is 2.23. The predicted octanol–water partition coefficient (Wildman–Crippen LogP) is 3.33. The van der Waals surface area contributed by atoms with Crippen molar-refractivity contribution >= 4 is 28.5 Å². The molecule has 0 aromatic carbocycles. The van der Waals surface area contributed by atoms with Crippen LogP contribution in [0.1, 0.15) is 25.3 Å². The minimum Gasteiger partial charge on any atom is -0.384 e. The molecule has 4 aromatic rings. The number of nitrogen functional groups attached to an aromatic ring is 1. The lowest BCUT2D eigenvalue weighted by Gasteiger charge is -2.09. The average Bonchev–Trinajstić information content (AvgIpc) is 2.67. The zero-order valence-electron chi connectivity index (χ0n) is 15.0. The molecule has 0 saturated carbocycles. The third kappa shape index (κ3) is 3.64. The van der Waals surface area contributed by atoms with Crippen LogP contribution in [0.5, 0.6) is 0 Å². The first-order valence-electron chi connectivity index (χ1n) is 8.53. The van der Waals surface area contributed by atoms with Gasteiger partial charge in [0.15, 0.2) is 5.82 Å². The molecule has 0 spiro atoms. The van der Waals surface area contributed by atoms with Crippen molar-refractivity contribution in [3.8, 4) is 11.3 Å². The monoisotopic (exact) mass is 358 g/mol. The van der Waals surface area contributed by atoms with Gasteiger partial charge in [0.05, 0.1) is 22.9 Å². The van der Waals surface area contributed by atoms with Gasteiger partial charge in [0.1, 0.15) is 18.0 Å². The molecule has 0 atom stereocenters. The van der Waals surface area contributed by atoms with Crippen LogP contribution < -0.4 is 11.1 Å². The van der Waals surface area contributed by atoms with E-state index in [-0.39, 0.29) is 0 Å². The Kier molecular flexibility index (Phi) is 4.29. The Morgan fingerprint density at radius 2 is 1.81 bits per heavy atom. The van der Waals surface area contributed by atoms with Crippen molar-refractivity contribution in [1.82, 2.24) is 30.1 Å². The molecule has 8 heteroatoms. The van der Waals surface area contributed by atoms with Crippen LogP contribution in [0.4, 0.5) is 17.5 Å². The molecule has 0 saturated heterocycles. The van der Waals surface area contributed by atoms with E-state index in [2.05, 4.69) is 49.3 Å². The van der Waals surface area contributed by atoms with Crippen LogP contribution >= 0.6 is 0 Å². The second-order valence-electron chi connectivity index (χ2n) is 6.44. The summed E-state index contributed by atoms with van der Waals surface area (Å²) in [6, 6.07) is 9.37. The summed E-state index contributed by atoms with van der Waals surface area (Å²) in [6.45, 7) is 4.23. The van der Waals surface area contributed by atoms with Crippen LogP contribution in [-0.2, 0) is 0 Å². The highest BCUT2D eigenvalue weighted by molar-refractivity contribution is 5.81. The Morgan fingerprint density at radius 3 is 2.63 bits per heavy atom. The minimum absolute atomic E-state index is 0.373. The first kappa shape index (κ1) is 16.8. The molecule has 4 rings (SSSR count). The van der Waals surface area contributed by atoms with E-state index >= 15 is 0 Å². The van der Waals surface area contributed by atoms with Crippen LogP contribution in [0.25, 0.3) is 22.3 Å². The Morgan fingerprint density at radius 1 is 0.926 bits per heavy atom. The van der Waals surface area contributed by atoms with Gasteiger partial charge in [-0.2, -0.15) is 5.10 Å². The summed E-state index contributed by atoms with van der Waals surface area (Å²) in [7, 11) is 0. The van der Waals surface area contributed by atoms with Crippen LogP contribution in [0.15, 0.2) is 49.1 Å². The number of hydrogen-bond acceptors (Lipinski definition) is 8. The molecule has 8 nitrogen and oxygen atoms in total. The maximum Gasteiger partial charge on any atom is 0.154 e. The van der Waals surface area contributed by atoms with Gasteiger partial charge < -0.3 is 11.1 Å². The maximum atomic E-state index is 5.74. The first-order valence-corrected chi connectivity index (χ1v) is 8.53. The lowest BCUT2D eigenvalue weighted by molar-refractivity contribution is 0.843. The standard InChI is InChI=1S/C19H18N8/c1-11(2)12-6-19(27-24-9-12)26-18-4-3-14-16(25-18)5-13(8-21-14)15-7-17(20)23-10-22-15/h3-11H,1-2H3,(H2,20,22,23)(H,25,26,27). The van der Waals surface area contributed by atoms with Gasteiger partial charge in [-0.1, -0.05) is 13.8 Å². The summed E-state index contributed by atoms with van der Waals surface area (Å²) in [6.07, 6.45) is 4.95. The van der Waals surface area contributed by atoms with Crippen molar-refractivity contribution in [3.05, 3.63) is 54.6 Å². The minimum atomic E-state index is 0.373. The molecule has 0 aliphatic rings. The normalized spacial score (nSPS) is 11.1. The number of anilines is 3. The molecule has 27 heavy (non-hydrogen) atoms. The van der Waals surface area contributed by atoms with Crippen molar-refractivity contribution < 1.29 is 0 Å². The number of pyridine rings is 2. The van der Waals surface area contributed by atoms with Crippen LogP contribution in [0.3, 0.4) is 0 Å². The largest absolute Gasteiger partial charge is 0.384 e. The van der Waals surface area contributed by atoms with Gasteiger partial charge in [-0.15, -0.1) is 5.10 Å². The summed E-state index contributed by atoms with van der Waals surface area (Å²) >= 11 is 0. The van der Waals surface area contributed by atoms with Crippen molar-refractivity contribution in [3.63, 3.8) is 0 Å². The second-order valence-corrected chi connectivity index (χ2v) is 6.44. The molecule has 4 aromatic heterocycles. The van der Waals surface area contributed by atoms with Crippen molar-refractivity contribution in [2.75, 3.05) is 11.1 Å². The summed E-state index contributed by atoms with van der Waals surface area (Å²) in [5.74, 6) is 2.10. The maximum absolute atomic E-state index is 5.74. The molecule has 0 aliphatic heterocycles. The summed E-state index contributed by atoms with van der Waals surface area (Å²) in [5, 5.41) is 11.4. The van der Waals surface area contributed by atoms with Crippen LogP contribution in [0.2, 0.25) is 0 Å². The van der Waals surface area contributed by atoms with Crippen molar-refractivity contribution in [2.24, 2.45) is 0 Å². The van der Waals surface area contributed by atoms with Gasteiger partial charge in [0.2, 0.25) is 0 Å². The molecule has 0 fully saturated rings. The van der Waals surface area contributed by atoms with Crippen molar-refractivity contribution in [1.29, 1.82) is 0 Å². The number of nitrogens with zero attached hydrogens (tertiary/aromatic N) is 6. The topological polar surface area (TPSA) is 115 Å². The fourth-order valence-corrected chi connectivity index (χ4v) is 2.64. The molecule has 0 bridgehead atoms. The molecule has 134 valence electrons. The van der Waals surface area contributed by atoms with E-state index in [1.165, 1.54) is 6.33 Å². The molecule has 4 heterocycles. The molecular formula is C19H18N8. The Balaban J connectivity index is 1.68. The highest BCUT2D eigenvalue weighted by Gasteiger charge is 2.07. The Bertz CT molecular complexity index is 1110. The van der Waals surface area contributed by atoms with Gasteiger partial charge in [0.25, 0.3) is 0 Å². The Labute approximate surface area is 155 Å². The molecule has 3 N–H and O–H groups in total. The number of aromatic nitrogens is 6. The zero-order valence-corrected chi connectivity index (χ0v) is 15.0. The van der Waals surface area contributed by atoms with Gasteiger partial charge in [0, 0.05) is 17.8 Å². The van der Waals surface area contributed by atoms with Gasteiger partial charge in [-0.05, 0) is 35.7 Å². The van der Waals surface area contributed by atoms with E-state index in [4.69, 9.17) is 5.73 Å². The van der Waals surface area contributed by atoms with Gasteiger partial charge in [-0.25, -0.2) is 15.0 Å². The van der Waals surface area contributed by atoms with E-state index in [1.807, 2.05) is 24.3 Å². The van der Waals surface area contributed by atoms with Gasteiger partial charge in [-0.3, -0.25) is 4.98 Å². The number of nitrogens with one attached hydrogen (secondary N) is 1. The predicted molar refractivity (Wildman–Crippen MR) is 104 cm³/mol. The van der Waals surface area contributed by atoms with E-state index < -0.39 is 0 Å². The third-order valence-electron chi connectivity index (χ3n) is 4.12. The number of fused-ring (bicyclic) bond motifs is 1. The van der Waals surface area contributed by atoms with Crippen LogP contribution in [-0.4, -0.2) is 30.1 Å². The zero-order chi connectivity index (χ0) is 18.8. The molecule has 0 aliphatic carbocycles. The Hall–Kier alpha value is -3.68. The van der Waals surface area contributed by atoms with E-state index in [1.54, 1.807) is 18.5 Å². The second kappa shape index (κ2) is 6.91. The van der Waals surface area contributed by atoms with E-state index in [0.717, 1.165) is 22.2 Å². The summed E-state index contributed by atoms with van der Waals surface area (Å²) < 4.78 is 0. The lowest BCUT2D eigenvalue weighted by Crippen LogP contribution is -2.00. The molecule has 0 radical (unpaired) electrons. The quantitative estimate of drug-likeness (QED) is 0.571. The number of hydrogen-bond donors (Lipinski definition) is 2. The molecule has 0 amide bonds. The average molecular weight is 358 g/mol. The first-order chi connectivity index (χ1) is 13.1. The molecular weight excluding hydrogens is 340 g/mol. The van der Waals surface area contributed by atoms with Crippen molar-refractivity contribution in [2.45, 2.75) is 19.8 Å². The van der Waals surface area contributed by atoms with E-state index in [0.29, 0.717) is 29.1 Å². The third-order valence-corrected chi connectivity index (χ3v) is 4.12. The number of nitrogens with two attached hydrogens (primary N) is 1. The molecule has 0 unspecified atom stereocenters. The van der Waals surface area contributed by atoms with Gasteiger partial charge >= 0.3 is 0 Å².